The zero-order chi connectivity index (χ0) is 13.8. The number of rotatable bonds is 3. The van der Waals surface area contributed by atoms with Gasteiger partial charge in [0.15, 0.2) is 0 Å². The molecule has 0 aliphatic heterocycles. The first-order valence-corrected chi connectivity index (χ1v) is 5.41. The Morgan fingerprint density at radius 2 is 2.00 bits per heavy atom. The minimum Gasteiger partial charge on any atom is -0.338 e. The number of hydrogen-bond donors (Lipinski definition) is 3. The molecule has 19 heavy (non-hydrogen) atoms. The van der Waals surface area contributed by atoms with E-state index in [0.717, 1.165) is 6.07 Å². The molecule has 0 saturated carbocycles. The van der Waals surface area contributed by atoms with Gasteiger partial charge in [0.1, 0.15) is 23.3 Å². The molecule has 6 nitrogen and oxygen atoms in total. The molecule has 0 bridgehead atoms. The summed E-state index contributed by atoms with van der Waals surface area (Å²) in [4.78, 5) is 8.13. The Balaban J connectivity index is 2.31. The second kappa shape index (κ2) is 5.29. The van der Waals surface area contributed by atoms with Crippen LogP contribution in [-0.4, -0.2) is 9.97 Å². The third kappa shape index (κ3) is 2.94. The predicted molar refractivity (Wildman–Crippen MR) is 69.0 cm³/mol. The van der Waals surface area contributed by atoms with Gasteiger partial charge in [-0.15, -0.1) is 0 Å². The van der Waals surface area contributed by atoms with E-state index in [-0.39, 0.29) is 11.3 Å². The maximum absolute atomic E-state index is 13.7. The molecule has 0 amide bonds. The number of aromatic nitrogens is 2. The van der Waals surface area contributed by atoms with E-state index in [4.69, 9.17) is 11.1 Å². The van der Waals surface area contributed by atoms with Gasteiger partial charge in [0.25, 0.3) is 0 Å². The summed E-state index contributed by atoms with van der Waals surface area (Å²) in [5.74, 6) is 6.06. The summed E-state index contributed by atoms with van der Waals surface area (Å²) in [7, 11) is 0. The molecule has 1 aromatic heterocycles. The van der Waals surface area contributed by atoms with Crippen molar-refractivity contribution in [1.82, 2.24) is 9.97 Å². The summed E-state index contributed by atoms with van der Waals surface area (Å²) in [6.45, 7) is 1.70. The van der Waals surface area contributed by atoms with E-state index < -0.39 is 5.82 Å². The number of aryl methyl sites for hydroxylation is 1. The number of nitrogens with one attached hydrogen (secondary N) is 2. The van der Waals surface area contributed by atoms with Crippen molar-refractivity contribution < 1.29 is 4.39 Å². The van der Waals surface area contributed by atoms with E-state index in [1.807, 2.05) is 6.07 Å². The molecule has 1 aromatic carbocycles. The van der Waals surface area contributed by atoms with Crippen LogP contribution in [0.4, 0.5) is 21.7 Å². The largest absolute Gasteiger partial charge is 0.338 e. The molecule has 0 saturated heterocycles. The van der Waals surface area contributed by atoms with Gasteiger partial charge < -0.3 is 10.7 Å². The van der Waals surface area contributed by atoms with E-state index in [1.165, 1.54) is 12.1 Å². The minimum atomic E-state index is -0.530. The van der Waals surface area contributed by atoms with E-state index >= 15 is 0 Å². The molecule has 2 aromatic rings. The number of anilines is 3. The van der Waals surface area contributed by atoms with Crippen molar-refractivity contribution in [2.24, 2.45) is 5.84 Å². The zero-order valence-electron chi connectivity index (χ0n) is 10.1. The maximum atomic E-state index is 13.7. The number of benzene rings is 1. The van der Waals surface area contributed by atoms with Crippen LogP contribution in [0, 0.1) is 24.1 Å². The van der Waals surface area contributed by atoms with Gasteiger partial charge in [0.2, 0.25) is 0 Å². The second-order valence-electron chi connectivity index (χ2n) is 3.76. The Labute approximate surface area is 109 Å². The van der Waals surface area contributed by atoms with Crippen molar-refractivity contribution in [3.05, 3.63) is 41.5 Å². The molecular formula is C12H11FN6. The van der Waals surface area contributed by atoms with Gasteiger partial charge in [0.05, 0.1) is 17.3 Å². The van der Waals surface area contributed by atoms with Gasteiger partial charge in [0, 0.05) is 6.07 Å². The summed E-state index contributed by atoms with van der Waals surface area (Å²) >= 11 is 0. The first-order valence-electron chi connectivity index (χ1n) is 5.41. The fourth-order valence-electron chi connectivity index (χ4n) is 1.53. The maximum Gasteiger partial charge on any atom is 0.147 e. The van der Waals surface area contributed by atoms with Gasteiger partial charge in [-0.2, -0.15) is 5.26 Å². The number of nitrogens with two attached hydrogens (primary N) is 1. The number of nitrogen functional groups attached to an aromatic ring is 1. The number of halogens is 1. The fraction of sp³-hybridized carbons (Fsp3) is 0.0833. The summed E-state index contributed by atoms with van der Waals surface area (Å²) in [5.41, 5.74) is 2.88. The van der Waals surface area contributed by atoms with Gasteiger partial charge >= 0.3 is 0 Å². The average molecular weight is 258 g/mol. The topological polar surface area (TPSA) is 99.6 Å². The van der Waals surface area contributed by atoms with Crippen LogP contribution in [0.1, 0.15) is 11.4 Å². The van der Waals surface area contributed by atoms with Crippen LogP contribution in [0.3, 0.4) is 0 Å². The Bertz CT molecular complexity index is 649. The number of hydrazine groups is 1. The minimum absolute atomic E-state index is 0.222. The molecule has 7 heteroatoms. The fourth-order valence-corrected chi connectivity index (χ4v) is 1.53. The number of hydrogen-bond acceptors (Lipinski definition) is 6. The van der Waals surface area contributed by atoms with Crippen molar-refractivity contribution in [3.63, 3.8) is 0 Å². The molecule has 0 radical (unpaired) electrons. The standard InChI is InChI=1S/C12H11FN6/c1-7-16-11(5-12(17-7)19-15)18-10-3-2-8(6-14)4-9(10)13/h2-5H,15H2,1H3,(H2,16,17,18,19). The summed E-state index contributed by atoms with van der Waals surface area (Å²) in [6.07, 6.45) is 0. The van der Waals surface area contributed by atoms with Crippen molar-refractivity contribution in [3.8, 4) is 6.07 Å². The monoisotopic (exact) mass is 258 g/mol. The molecule has 1 heterocycles. The Hall–Kier alpha value is -2.72. The number of nitriles is 1. The lowest BCUT2D eigenvalue weighted by molar-refractivity contribution is 0.631. The first kappa shape index (κ1) is 12.7. The molecule has 0 unspecified atom stereocenters. The molecule has 2 rings (SSSR count). The molecule has 0 aliphatic rings. The normalized spacial score (nSPS) is 9.79. The van der Waals surface area contributed by atoms with Crippen LogP contribution in [-0.2, 0) is 0 Å². The highest BCUT2D eigenvalue weighted by Gasteiger charge is 2.06. The Morgan fingerprint density at radius 1 is 1.26 bits per heavy atom. The van der Waals surface area contributed by atoms with Gasteiger partial charge in [-0.3, -0.25) is 0 Å². The third-order valence-corrected chi connectivity index (χ3v) is 2.35. The summed E-state index contributed by atoms with van der Waals surface area (Å²) < 4.78 is 13.7. The van der Waals surface area contributed by atoms with Gasteiger partial charge in [-0.05, 0) is 25.1 Å². The Kier molecular flexibility index (Phi) is 3.54. The van der Waals surface area contributed by atoms with Crippen LogP contribution in [0.15, 0.2) is 24.3 Å². The molecule has 0 fully saturated rings. The van der Waals surface area contributed by atoms with Crippen molar-refractivity contribution in [2.75, 3.05) is 10.7 Å². The van der Waals surface area contributed by atoms with Crippen LogP contribution >= 0.6 is 0 Å². The van der Waals surface area contributed by atoms with E-state index in [0.29, 0.717) is 17.5 Å². The lowest BCUT2D eigenvalue weighted by atomic mass is 10.2. The smallest absolute Gasteiger partial charge is 0.147 e. The molecular weight excluding hydrogens is 247 g/mol. The quantitative estimate of drug-likeness (QED) is 0.573. The average Bonchev–Trinajstić information content (AvgIpc) is 2.40. The molecule has 4 N–H and O–H groups in total. The first-order chi connectivity index (χ1) is 9.12. The summed E-state index contributed by atoms with van der Waals surface area (Å²) in [5, 5.41) is 11.5. The van der Waals surface area contributed by atoms with Crippen LogP contribution < -0.4 is 16.6 Å². The third-order valence-electron chi connectivity index (χ3n) is 2.35. The highest BCUT2D eigenvalue weighted by molar-refractivity contribution is 5.60. The van der Waals surface area contributed by atoms with Gasteiger partial charge in [-0.1, -0.05) is 0 Å². The van der Waals surface area contributed by atoms with Crippen molar-refractivity contribution >= 4 is 17.3 Å². The van der Waals surface area contributed by atoms with E-state index in [1.54, 1.807) is 13.0 Å². The zero-order valence-corrected chi connectivity index (χ0v) is 10.1. The highest BCUT2D eigenvalue weighted by atomic mass is 19.1. The lowest BCUT2D eigenvalue weighted by Gasteiger charge is -2.09. The van der Waals surface area contributed by atoms with Crippen molar-refractivity contribution in [1.29, 1.82) is 5.26 Å². The van der Waals surface area contributed by atoms with E-state index in [2.05, 4.69) is 20.7 Å². The number of nitrogens with zero attached hydrogens (tertiary/aromatic N) is 3. The molecule has 0 aliphatic carbocycles. The molecule has 96 valence electrons. The second-order valence-corrected chi connectivity index (χ2v) is 3.76. The SMILES string of the molecule is Cc1nc(NN)cc(Nc2ccc(C#N)cc2F)n1. The molecule has 0 spiro atoms. The lowest BCUT2D eigenvalue weighted by Crippen LogP contribution is -2.10. The predicted octanol–water partition coefficient (Wildman–Crippen LogP) is 1.82. The van der Waals surface area contributed by atoms with Crippen LogP contribution in [0.25, 0.3) is 0 Å². The molecule has 0 atom stereocenters. The summed E-state index contributed by atoms with van der Waals surface area (Å²) in [6, 6.07) is 7.55. The van der Waals surface area contributed by atoms with Gasteiger partial charge in [-0.25, -0.2) is 20.2 Å². The Morgan fingerprint density at radius 3 is 2.63 bits per heavy atom. The highest BCUT2D eigenvalue weighted by Crippen LogP contribution is 2.20. The van der Waals surface area contributed by atoms with Crippen LogP contribution in [0.5, 0.6) is 0 Å². The van der Waals surface area contributed by atoms with E-state index in [9.17, 15) is 4.39 Å². The van der Waals surface area contributed by atoms with Crippen LogP contribution in [0.2, 0.25) is 0 Å². The van der Waals surface area contributed by atoms with Crippen molar-refractivity contribution in [2.45, 2.75) is 6.92 Å².